The second-order valence-electron chi connectivity index (χ2n) is 6.22. The maximum absolute atomic E-state index is 12.4. The molecule has 0 unspecified atom stereocenters. The van der Waals surface area contributed by atoms with Crippen LogP contribution in [-0.4, -0.2) is 42.0 Å². The number of rotatable bonds is 6. The van der Waals surface area contributed by atoms with E-state index >= 15 is 0 Å². The summed E-state index contributed by atoms with van der Waals surface area (Å²) in [5.41, 5.74) is 0.822. The second kappa shape index (κ2) is 8.29. The van der Waals surface area contributed by atoms with E-state index in [1.54, 1.807) is 16.7 Å². The molecule has 2 amide bonds. The van der Waals surface area contributed by atoms with E-state index in [4.69, 9.17) is 5.11 Å². The molecule has 0 heterocycles. The lowest BCUT2D eigenvalue weighted by atomic mass is 9.96. The Balaban J connectivity index is 2.74. The molecule has 2 N–H and O–H groups in total. The van der Waals surface area contributed by atoms with Crippen LogP contribution in [-0.2, 0) is 0 Å². The van der Waals surface area contributed by atoms with Gasteiger partial charge in [-0.25, -0.2) is 4.79 Å². The van der Waals surface area contributed by atoms with Crippen molar-refractivity contribution in [2.45, 2.75) is 32.1 Å². The number of nitrogens with one attached hydrogen (secondary N) is 1. The van der Waals surface area contributed by atoms with Crippen molar-refractivity contribution in [2.24, 2.45) is 5.41 Å². The van der Waals surface area contributed by atoms with Gasteiger partial charge in [-0.1, -0.05) is 26.8 Å². The molecular formula is C16H26N2O2S. The number of amides is 2. The molecule has 0 aromatic heterocycles. The van der Waals surface area contributed by atoms with Crippen molar-refractivity contribution >= 4 is 23.5 Å². The van der Waals surface area contributed by atoms with Gasteiger partial charge in [0.25, 0.3) is 0 Å². The first kappa shape index (κ1) is 17.9. The van der Waals surface area contributed by atoms with E-state index < -0.39 is 0 Å². The lowest BCUT2D eigenvalue weighted by Crippen LogP contribution is -2.41. The van der Waals surface area contributed by atoms with Crippen LogP contribution >= 0.6 is 11.8 Å². The van der Waals surface area contributed by atoms with Crippen LogP contribution in [0.2, 0.25) is 0 Å². The molecule has 0 fully saturated rings. The highest BCUT2D eigenvalue weighted by molar-refractivity contribution is 7.98. The van der Waals surface area contributed by atoms with Crippen molar-refractivity contribution in [3.63, 3.8) is 0 Å². The van der Waals surface area contributed by atoms with Gasteiger partial charge in [-0.2, -0.15) is 0 Å². The van der Waals surface area contributed by atoms with Gasteiger partial charge >= 0.3 is 6.03 Å². The second-order valence-corrected chi connectivity index (χ2v) is 7.10. The summed E-state index contributed by atoms with van der Waals surface area (Å²) in [7, 11) is 0. The zero-order chi connectivity index (χ0) is 15.9. The first-order valence-corrected chi connectivity index (χ1v) is 8.39. The topological polar surface area (TPSA) is 52.6 Å². The molecule has 5 heteroatoms. The van der Waals surface area contributed by atoms with Gasteiger partial charge in [0.2, 0.25) is 0 Å². The summed E-state index contributed by atoms with van der Waals surface area (Å²) < 4.78 is 0. The van der Waals surface area contributed by atoms with Crippen molar-refractivity contribution < 1.29 is 9.90 Å². The van der Waals surface area contributed by atoms with Gasteiger partial charge in [-0.05, 0) is 36.3 Å². The summed E-state index contributed by atoms with van der Waals surface area (Å²) in [6, 6.07) is 7.68. The van der Waals surface area contributed by atoms with Crippen LogP contribution in [0.4, 0.5) is 10.5 Å². The largest absolute Gasteiger partial charge is 0.396 e. The number of nitrogens with zero attached hydrogens (tertiary/aromatic N) is 1. The summed E-state index contributed by atoms with van der Waals surface area (Å²) in [5, 5.41) is 11.9. The van der Waals surface area contributed by atoms with E-state index in [1.165, 1.54) is 0 Å². The van der Waals surface area contributed by atoms with Gasteiger partial charge in [-0.15, -0.1) is 11.8 Å². The number of aliphatic hydroxyl groups excluding tert-OH is 1. The molecular weight excluding hydrogens is 284 g/mol. The number of thioether (sulfide) groups is 1. The van der Waals surface area contributed by atoms with E-state index in [2.05, 4.69) is 26.1 Å². The summed E-state index contributed by atoms with van der Waals surface area (Å²) in [5.74, 6) is 0. The number of benzene rings is 1. The molecule has 21 heavy (non-hydrogen) atoms. The van der Waals surface area contributed by atoms with Gasteiger partial charge in [0, 0.05) is 30.3 Å². The Morgan fingerprint density at radius 2 is 2.10 bits per heavy atom. The molecule has 0 aliphatic carbocycles. The highest BCUT2D eigenvalue weighted by Crippen LogP contribution is 2.20. The van der Waals surface area contributed by atoms with Crippen LogP contribution in [0.15, 0.2) is 29.2 Å². The number of hydrogen-bond acceptors (Lipinski definition) is 3. The van der Waals surface area contributed by atoms with E-state index in [0.717, 1.165) is 10.6 Å². The summed E-state index contributed by atoms with van der Waals surface area (Å²) in [6.45, 7) is 7.60. The Kier molecular flexibility index (Phi) is 7.05. The summed E-state index contributed by atoms with van der Waals surface area (Å²) in [6.07, 6.45) is 2.60. The molecule has 0 bridgehead atoms. The van der Waals surface area contributed by atoms with Gasteiger partial charge < -0.3 is 15.3 Å². The van der Waals surface area contributed by atoms with Gasteiger partial charge in [0.05, 0.1) is 0 Å². The van der Waals surface area contributed by atoms with Crippen molar-refractivity contribution in [3.8, 4) is 0 Å². The highest BCUT2D eigenvalue weighted by Gasteiger charge is 2.20. The van der Waals surface area contributed by atoms with Crippen LogP contribution in [0.3, 0.4) is 0 Å². The van der Waals surface area contributed by atoms with Crippen LogP contribution < -0.4 is 5.32 Å². The molecule has 1 rings (SSSR count). The van der Waals surface area contributed by atoms with E-state index in [0.29, 0.717) is 19.5 Å². The van der Waals surface area contributed by atoms with Crippen molar-refractivity contribution in [1.29, 1.82) is 0 Å². The number of carbonyl (C=O) groups is 1. The number of anilines is 1. The van der Waals surface area contributed by atoms with E-state index in [-0.39, 0.29) is 18.1 Å². The van der Waals surface area contributed by atoms with Crippen LogP contribution in [0.1, 0.15) is 27.2 Å². The van der Waals surface area contributed by atoms with Crippen LogP contribution in [0.25, 0.3) is 0 Å². The number of urea groups is 1. The number of hydrogen-bond donors (Lipinski definition) is 2. The lowest BCUT2D eigenvalue weighted by Gasteiger charge is -2.30. The van der Waals surface area contributed by atoms with Gasteiger partial charge in [0.1, 0.15) is 0 Å². The smallest absolute Gasteiger partial charge is 0.321 e. The third kappa shape index (κ3) is 6.87. The summed E-state index contributed by atoms with van der Waals surface area (Å²) in [4.78, 5) is 15.3. The number of aliphatic hydroxyl groups is 1. The van der Waals surface area contributed by atoms with Gasteiger partial charge in [0.15, 0.2) is 0 Å². The average Bonchev–Trinajstić information content (AvgIpc) is 2.42. The Hall–Kier alpha value is -1.20. The van der Waals surface area contributed by atoms with Crippen molar-refractivity contribution in [1.82, 2.24) is 4.90 Å². The molecule has 0 spiro atoms. The fourth-order valence-electron chi connectivity index (χ4n) is 1.99. The molecule has 0 aliphatic rings. The molecule has 0 aliphatic heterocycles. The minimum Gasteiger partial charge on any atom is -0.396 e. The maximum atomic E-state index is 12.4. The first-order chi connectivity index (χ1) is 9.85. The minimum absolute atomic E-state index is 0.0217. The average molecular weight is 310 g/mol. The zero-order valence-electron chi connectivity index (χ0n) is 13.3. The molecule has 0 atom stereocenters. The highest BCUT2D eigenvalue weighted by atomic mass is 32.2. The maximum Gasteiger partial charge on any atom is 0.321 e. The Bertz CT molecular complexity index is 458. The fourth-order valence-corrected chi connectivity index (χ4v) is 2.45. The monoisotopic (exact) mass is 310 g/mol. The third-order valence-electron chi connectivity index (χ3n) is 2.86. The molecule has 1 aromatic carbocycles. The SMILES string of the molecule is CSc1cccc(NC(=O)N(CCCO)CC(C)(C)C)c1. The fraction of sp³-hybridized carbons (Fsp3) is 0.562. The molecule has 118 valence electrons. The van der Waals surface area contributed by atoms with Gasteiger partial charge in [-0.3, -0.25) is 0 Å². The summed E-state index contributed by atoms with van der Waals surface area (Å²) >= 11 is 1.64. The lowest BCUT2D eigenvalue weighted by molar-refractivity contribution is 0.176. The normalized spacial score (nSPS) is 11.3. The Morgan fingerprint density at radius 3 is 2.67 bits per heavy atom. The molecule has 0 radical (unpaired) electrons. The van der Waals surface area contributed by atoms with Crippen LogP contribution in [0.5, 0.6) is 0 Å². The molecule has 0 saturated carbocycles. The third-order valence-corrected chi connectivity index (χ3v) is 3.58. The minimum atomic E-state index is -0.114. The first-order valence-electron chi connectivity index (χ1n) is 7.16. The van der Waals surface area contributed by atoms with Crippen LogP contribution in [0, 0.1) is 5.41 Å². The van der Waals surface area contributed by atoms with E-state index in [1.807, 2.05) is 30.5 Å². The quantitative estimate of drug-likeness (QED) is 0.788. The molecule has 4 nitrogen and oxygen atoms in total. The Labute approximate surface area is 131 Å². The molecule has 1 aromatic rings. The zero-order valence-corrected chi connectivity index (χ0v) is 14.2. The van der Waals surface area contributed by atoms with Crippen molar-refractivity contribution in [3.05, 3.63) is 24.3 Å². The van der Waals surface area contributed by atoms with E-state index in [9.17, 15) is 4.79 Å². The molecule has 0 saturated heterocycles. The standard InChI is InChI=1S/C16H26N2O2S/c1-16(2,3)12-18(9-6-10-19)15(20)17-13-7-5-8-14(11-13)21-4/h5,7-8,11,19H,6,9-10,12H2,1-4H3,(H,17,20). The predicted molar refractivity (Wildman–Crippen MR) is 90.0 cm³/mol. The predicted octanol–water partition coefficient (Wildman–Crippen LogP) is 3.67. The van der Waals surface area contributed by atoms with Crippen molar-refractivity contribution in [2.75, 3.05) is 31.3 Å². The Morgan fingerprint density at radius 1 is 1.38 bits per heavy atom. The number of carbonyl (C=O) groups excluding carboxylic acids is 1.